The fraction of sp³-hybridized carbons (Fsp3) is 0.125. The van der Waals surface area contributed by atoms with Crippen LogP contribution in [0.5, 0.6) is 0 Å². The van der Waals surface area contributed by atoms with Gasteiger partial charge in [-0.1, -0.05) is 18.2 Å². The van der Waals surface area contributed by atoms with E-state index in [1.165, 1.54) is 0 Å². The van der Waals surface area contributed by atoms with Crippen LogP contribution in [0.3, 0.4) is 0 Å². The molecule has 1 heterocycles. The predicted molar refractivity (Wildman–Crippen MR) is 44.1 cm³/mol. The van der Waals surface area contributed by atoms with Crippen LogP contribution in [-0.2, 0) is 0 Å². The monoisotopic (exact) mass is 153 g/mol. The molecular formula is C8H8ClN. The van der Waals surface area contributed by atoms with Gasteiger partial charge in [-0.25, -0.2) is 0 Å². The molecule has 0 radical (unpaired) electrons. The molecule has 0 saturated carbocycles. The van der Waals surface area contributed by atoms with E-state index in [1.54, 1.807) is 12.3 Å². The van der Waals surface area contributed by atoms with Crippen molar-refractivity contribution in [2.75, 3.05) is 0 Å². The highest BCUT2D eigenvalue weighted by atomic mass is 35.5. The number of aromatic nitrogens is 1. The summed E-state index contributed by atoms with van der Waals surface area (Å²) in [5.74, 6) is 0. The van der Waals surface area contributed by atoms with Crippen molar-refractivity contribution in [3.8, 4) is 0 Å². The first kappa shape index (κ1) is 7.29. The van der Waals surface area contributed by atoms with Crippen molar-refractivity contribution in [2.24, 2.45) is 0 Å². The molecule has 0 unspecified atom stereocenters. The van der Waals surface area contributed by atoms with E-state index in [9.17, 15) is 0 Å². The largest absolute Gasteiger partial charge is 0.255 e. The van der Waals surface area contributed by atoms with Crippen molar-refractivity contribution >= 4 is 17.7 Å². The number of pyridine rings is 1. The molecule has 0 atom stereocenters. The quantitative estimate of drug-likeness (QED) is 0.605. The maximum Gasteiger partial charge on any atom is 0.0812 e. The van der Waals surface area contributed by atoms with Crippen molar-refractivity contribution in [2.45, 2.75) is 6.92 Å². The zero-order chi connectivity index (χ0) is 7.56. The van der Waals surface area contributed by atoms with Crippen LogP contribution in [0.2, 0.25) is 5.02 Å². The van der Waals surface area contributed by atoms with E-state index >= 15 is 0 Å². The Hall–Kier alpha value is -0.820. The molecule has 0 aliphatic carbocycles. The first-order chi connectivity index (χ1) is 4.75. The average molecular weight is 154 g/mol. The predicted octanol–water partition coefficient (Wildman–Crippen LogP) is 2.69. The highest BCUT2D eigenvalue weighted by Gasteiger charge is 1.98. The van der Waals surface area contributed by atoms with Gasteiger partial charge < -0.3 is 0 Å². The second-order valence-corrected chi connectivity index (χ2v) is 2.41. The molecule has 0 fully saturated rings. The first-order valence-electron chi connectivity index (χ1n) is 2.99. The van der Waals surface area contributed by atoms with Crippen molar-refractivity contribution < 1.29 is 0 Å². The van der Waals surface area contributed by atoms with Crippen molar-refractivity contribution in [3.63, 3.8) is 0 Å². The van der Waals surface area contributed by atoms with Gasteiger partial charge in [-0.2, -0.15) is 0 Å². The van der Waals surface area contributed by atoms with E-state index < -0.39 is 0 Å². The van der Waals surface area contributed by atoms with Crippen LogP contribution in [0, 0.1) is 6.92 Å². The molecule has 1 aromatic heterocycles. The maximum atomic E-state index is 5.86. The van der Waals surface area contributed by atoms with Gasteiger partial charge in [-0.15, -0.1) is 0 Å². The Labute approximate surface area is 65.4 Å². The van der Waals surface area contributed by atoms with E-state index in [0.29, 0.717) is 5.02 Å². The zero-order valence-corrected chi connectivity index (χ0v) is 6.52. The lowest BCUT2D eigenvalue weighted by atomic mass is 10.2. The Bertz CT molecular complexity index is 255. The molecule has 2 heteroatoms. The van der Waals surface area contributed by atoms with Gasteiger partial charge in [-0.05, 0) is 24.6 Å². The fourth-order valence-electron chi connectivity index (χ4n) is 0.704. The molecule has 0 saturated heterocycles. The zero-order valence-electron chi connectivity index (χ0n) is 5.76. The van der Waals surface area contributed by atoms with Gasteiger partial charge in [0.15, 0.2) is 0 Å². The summed E-state index contributed by atoms with van der Waals surface area (Å²) < 4.78 is 0. The maximum absolute atomic E-state index is 5.86. The molecule has 10 heavy (non-hydrogen) atoms. The van der Waals surface area contributed by atoms with E-state index in [-0.39, 0.29) is 0 Å². The van der Waals surface area contributed by atoms with Crippen LogP contribution < -0.4 is 0 Å². The van der Waals surface area contributed by atoms with E-state index in [1.807, 2.05) is 13.0 Å². The lowest BCUT2D eigenvalue weighted by Crippen LogP contribution is -1.83. The normalized spacial score (nSPS) is 9.40. The molecule has 0 aromatic carbocycles. The third-order valence-electron chi connectivity index (χ3n) is 1.30. The summed E-state index contributed by atoms with van der Waals surface area (Å²) >= 11 is 5.86. The van der Waals surface area contributed by atoms with Gasteiger partial charge in [0, 0.05) is 6.20 Å². The Balaban J connectivity index is 3.27. The molecule has 1 rings (SSSR count). The minimum Gasteiger partial charge on any atom is -0.255 e. The van der Waals surface area contributed by atoms with Gasteiger partial charge in [0.2, 0.25) is 0 Å². The van der Waals surface area contributed by atoms with Crippen LogP contribution >= 0.6 is 11.6 Å². The fourth-order valence-corrected chi connectivity index (χ4v) is 0.892. The van der Waals surface area contributed by atoms with E-state index in [2.05, 4.69) is 11.6 Å². The highest BCUT2D eigenvalue weighted by Crippen LogP contribution is 2.18. The molecule has 0 spiro atoms. The lowest BCUT2D eigenvalue weighted by molar-refractivity contribution is 1.26. The van der Waals surface area contributed by atoms with Crippen molar-refractivity contribution in [1.82, 2.24) is 4.98 Å². The standard InChI is InChI=1S/C8H8ClN/c1-3-7-8(9)6(2)4-5-10-7/h3-5H,1H2,2H3. The SMILES string of the molecule is C=Cc1nccc(C)c1Cl. The summed E-state index contributed by atoms with van der Waals surface area (Å²) in [6.45, 7) is 5.53. The number of halogens is 1. The number of rotatable bonds is 1. The summed E-state index contributed by atoms with van der Waals surface area (Å²) in [6.07, 6.45) is 3.37. The Morgan fingerprint density at radius 3 is 2.90 bits per heavy atom. The molecule has 52 valence electrons. The molecular weight excluding hydrogens is 146 g/mol. The summed E-state index contributed by atoms with van der Waals surface area (Å²) in [5.41, 5.74) is 1.79. The number of aryl methyl sites for hydroxylation is 1. The third kappa shape index (κ3) is 1.19. The molecule has 0 N–H and O–H groups in total. The molecule has 1 nitrogen and oxygen atoms in total. The Morgan fingerprint density at radius 2 is 2.40 bits per heavy atom. The lowest BCUT2D eigenvalue weighted by Gasteiger charge is -1.98. The number of nitrogens with zero attached hydrogens (tertiary/aromatic N) is 1. The van der Waals surface area contributed by atoms with Gasteiger partial charge in [-0.3, -0.25) is 4.98 Å². The molecule has 0 aliphatic heterocycles. The van der Waals surface area contributed by atoms with Crippen LogP contribution in [0.1, 0.15) is 11.3 Å². The summed E-state index contributed by atoms with van der Waals surface area (Å²) in [7, 11) is 0. The number of hydrogen-bond acceptors (Lipinski definition) is 1. The van der Waals surface area contributed by atoms with E-state index in [4.69, 9.17) is 11.6 Å². The van der Waals surface area contributed by atoms with Crippen LogP contribution in [0.25, 0.3) is 6.08 Å². The minimum atomic E-state index is 0.692. The highest BCUT2D eigenvalue weighted by molar-refractivity contribution is 6.32. The first-order valence-corrected chi connectivity index (χ1v) is 3.37. The smallest absolute Gasteiger partial charge is 0.0812 e. The van der Waals surface area contributed by atoms with Gasteiger partial charge in [0.1, 0.15) is 0 Å². The second-order valence-electron chi connectivity index (χ2n) is 2.03. The molecule has 0 aliphatic rings. The van der Waals surface area contributed by atoms with Crippen LogP contribution in [0.15, 0.2) is 18.8 Å². The van der Waals surface area contributed by atoms with Gasteiger partial charge >= 0.3 is 0 Å². The van der Waals surface area contributed by atoms with Crippen molar-refractivity contribution in [1.29, 1.82) is 0 Å². The number of hydrogen-bond donors (Lipinski definition) is 0. The molecule has 1 aromatic rings. The topological polar surface area (TPSA) is 12.9 Å². The third-order valence-corrected chi connectivity index (χ3v) is 1.79. The summed E-state index contributed by atoms with van der Waals surface area (Å²) in [6, 6.07) is 1.87. The van der Waals surface area contributed by atoms with Crippen LogP contribution in [-0.4, -0.2) is 4.98 Å². The summed E-state index contributed by atoms with van der Waals surface area (Å²) in [5, 5.41) is 0.692. The Kier molecular flexibility index (Phi) is 2.07. The van der Waals surface area contributed by atoms with Gasteiger partial charge in [0.25, 0.3) is 0 Å². The molecule has 0 amide bonds. The van der Waals surface area contributed by atoms with Gasteiger partial charge in [0.05, 0.1) is 10.7 Å². The molecule has 0 bridgehead atoms. The summed E-state index contributed by atoms with van der Waals surface area (Å²) in [4.78, 5) is 4.01. The van der Waals surface area contributed by atoms with Crippen LogP contribution in [0.4, 0.5) is 0 Å². The van der Waals surface area contributed by atoms with E-state index in [0.717, 1.165) is 11.3 Å². The average Bonchev–Trinajstić information content (AvgIpc) is 1.95. The van der Waals surface area contributed by atoms with Crippen molar-refractivity contribution in [3.05, 3.63) is 35.1 Å². The minimum absolute atomic E-state index is 0.692. The second kappa shape index (κ2) is 2.84. The Morgan fingerprint density at radius 1 is 1.70 bits per heavy atom.